The molecule has 1 aliphatic heterocycles. The van der Waals surface area contributed by atoms with Gasteiger partial charge in [0.05, 0.1) is 11.2 Å². The molecule has 2 unspecified atom stereocenters. The van der Waals surface area contributed by atoms with Crippen molar-refractivity contribution in [3.8, 4) is 0 Å². The standard InChI is InChI=1S/C25H34N2O5S2/c1-7-12-25(13-8-2)22(28)20(23(29)32-25)21(24(3,4)5)17-10-9-11-18(14-17)27(6)34(30,31)19-15-33-16-26-19/h9-11,14-16,20-21H,7-8,12-13H2,1-6H3. The first-order valence-corrected chi connectivity index (χ1v) is 14.0. The summed E-state index contributed by atoms with van der Waals surface area (Å²) in [5.74, 6) is -2.05. The van der Waals surface area contributed by atoms with Crippen LogP contribution in [0.2, 0.25) is 0 Å². The number of carbonyl (C=O) groups excluding carboxylic acids is 2. The number of aromatic nitrogens is 1. The first kappa shape index (κ1) is 26.3. The normalized spacial score (nSPS) is 19.2. The Kier molecular flexibility index (Phi) is 7.57. The van der Waals surface area contributed by atoms with Crippen molar-refractivity contribution < 1.29 is 22.7 Å². The van der Waals surface area contributed by atoms with E-state index < -0.39 is 38.8 Å². The molecule has 0 saturated carbocycles. The number of ether oxygens (including phenoxy) is 1. The van der Waals surface area contributed by atoms with Crippen LogP contribution in [0.1, 0.15) is 71.8 Å². The second kappa shape index (κ2) is 9.77. The van der Waals surface area contributed by atoms with Crippen molar-refractivity contribution in [1.29, 1.82) is 0 Å². The largest absolute Gasteiger partial charge is 0.450 e. The lowest BCUT2D eigenvalue weighted by atomic mass is 9.66. The topological polar surface area (TPSA) is 93.6 Å². The summed E-state index contributed by atoms with van der Waals surface area (Å²) in [6, 6.07) is 7.05. The van der Waals surface area contributed by atoms with E-state index in [9.17, 15) is 18.0 Å². The maximum atomic E-state index is 13.8. The minimum Gasteiger partial charge on any atom is -0.450 e. The maximum absolute atomic E-state index is 13.8. The first-order chi connectivity index (χ1) is 15.9. The molecule has 1 fully saturated rings. The molecule has 2 atom stereocenters. The minimum absolute atomic E-state index is 0.0174. The molecule has 0 N–H and O–H groups in total. The Balaban J connectivity index is 2.05. The smallest absolute Gasteiger partial charge is 0.318 e. The highest BCUT2D eigenvalue weighted by Crippen LogP contribution is 2.49. The lowest BCUT2D eigenvalue weighted by molar-refractivity contribution is -0.154. The molecule has 34 heavy (non-hydrogen) atoms. The van der Waals surface area contributed by atoms with Crippen LogP contribution in [0.25, 0.3) is 0 Å². The number of esters is 1. The zero-order valence-electron chi connectivity index (χ0n) is 20.7. The Morgan fingerprint density at radius 1 is 1.18 bits per heavy atom. The molecule has 0 aliphatic carbocycles. The van der Waals surface area contributed by atoms with Crippen molar-refractivity contribution in [3.63, 3.8) is 0 Å². The second-order valence-electron chi connectivity index (χ2n) is 10.00. The third-order valence-corrected chi connectivity index (χ3v) is 8.90. The van der Waals surface area contributed by atoms with E-state index in [4.69, 9.17) is 4.74 Å². The van der Waals surface area contributed by atoms with Crippen molar-refractivity contribution in [2.75, 3.05) is 11.4 Å². The number of benzene rings is 1. The van der Waals surface area contributed by atoms with E-state index in [1.54, 1.807) is 18.2 Å². The monoisotopic (exact) mass is 506 g/mol. The van der Waals surface area contributed by atoms with Gasteiger partial charge in [0, 0.05) is 18.3 Å². The van der Waals surface area contributed by atoms with Gasteiger partial charge in [-0.05, 0) is 36.0 Å². The number of thiazole rings is 1. The molecule has 3 rings (SSSR count). The summed E-state index contributed by atoms with van der Waals surface area (Å²) in [7, 11) is -2.35. The number of cyclic esters (lactones) is 1. The molecule has 9 heteroatoms. The van der Waals surface area contributed by atoms with Gasteiger partial charge in [-0.1, -0.05) is 59.6 Å². The Hall–Kier alpha value is -2.26. The highest BCUT2D eigenvalue weighted by atomic mass is 32.2. The lowest BCUT2D eigenvalue weighted by Crippen LogP contribution is -2.40. The number of ketones is 1. The van der Waals surface area contributed by atoms with Gasteiger partial charge < -0.3 is 4.74 Å². The van der Waals surface area contributed by atoms with E-state index in [0.717, 1.165) is 18.4 Å². The van der Waals surface area contributed by atoms with Crippen LogP contribution >= 0.6 is 11.3 Å². The van der Waals surface area contributed by atoms with Gasteiger partial charge in [0.15, 0.2) is 16.4 Å². The van der Waals surface area contributed by atoms with Crippen molar-refractivity contribution >= 4 is 38.8 Å². The Morgan fingerprint density at radius 2 is 1.82 bits per heavy atom. The van der Waals surface area contributed by atoms with E-state index >= 15 is 0 Å². The zero-order chi connectivity index (χ0) is 25.3. The van der Waals surface area contributed by atoms with Crippen LogP contribution < -0.4 is 4.31 Å². The fraction of sp³-hybridized carbons (Fsp3) is 0.560. The molecule has 0 bridgehead atoms. The Labute approximate surface area is 206 Å². The summed E-state index contributed by atoms with van der Waals surface area (Å²) in [5, 5.41) is 1.47. The SMILES string of the molecule is CCCC1(CCC)OC(=O)C(C(c2cccc(N(C)S(=O)(=O)c3cscn3)c2)C(C)(C)C)C1=O. The van der Waals surface area contributed by atoms with Crippen LogP contribution in [-0.4, -0.2) is 37.8 Å². The molecule has 1 aromatic heterocycles. The Bertz CT molecular complexity index is 1130. The van der Waals surface area contributed by atoms with E-state index in [0.29, 0.717) is 18.5 Å². The first-order valence-electron chi connectivity index (χ1n) is 11.6. The number of carbonyl (C=O) groups is 2. The molecule has 1 aromatic carbocycles. The predicted octanol–water partition coefficient (Wildman–Crippen LogP) is 5.18. The number of Topliss-reactive ketones (excluding diaryl/α,β-unsaturated/α-hetero) is 1. The van der Waals surface area contributed by atoms with Crippen LogP contribution in [0.15, 0.2) is 40.2 Å². The summed E-state index contributed by atoms with van der Waals surface area (Å²) < 4.78 is 33.0. The summed E-state index contributed by atoms with van der Waals surface area (Å²) in [6.07, 6.45) is 2.49. The third kappa shape index (κ3) is 4.77. The third-order valence-electron chi connectivity index (χ3n) is 6.48. The molecule has 2 heterocycles. The quantitative estimate of drug-likeness (QED) is 0.344. The van der Waals surface area contributed by atoms with Gasteiger partial charge in [-0.15, -0.1) is 11.3 Å². The number of hydrogen-bond acceptors (Lipinski definition) is 7. The van der Waals surface area contributed by atoms with E-state index in [2.05, 4.69) is 4.98 Å². The minimum atomic E-state index is -3.83. The van der Waals surface area contributed by atoms with Gasteiger partial charge in [0.25, 0.3) is 10.0 Å². The fourth-order valence-electron chi connectivity index (χ4n) is 4.98. The van der Waals surface area contributed by atoms with Crippen LogP contribution in [0, 0.1) is 11.3 Å². The average Bonchev–Trinajstić information content (AvgIpc) is 3.38. The summed E-state index contributed by atoms with van der Waals surface area (Å²) in [5.41, 5.74) is 1.11. The van der Waals surface area contributed by atoms with Crippen LogP contribution in [0.5, 0.6) is 0 Å². The summed E-state index contributed by atoms with van der Waals surface area (Å²) in [4.78, 5) is 30.9. The number of nitrogens with zero attached hydrogens (tertiary/aromatic N) is 2. The molecule has 7 nitrogen and oxygen atoms in total. The molecule has 0 amide bonds. The molecule has 0 radical (unpaired) electrons. The van der Waals surface area contributed by atoms with Crippen molar-refractivity contribution in [1.82, 2.24) is 4.98 Å². The number of hydrogen-bond donors (Lipinski definition) is 0. The second-order valence-corrected chi connectivity index (χ2v) is 12.6. The van der Waals surface area contributed by atoms with Gasteiger partial charge in [-0.25, -0.2) is 4.98 Å². The highest BCUT2D eigenvalue weighted by molar-refractivity contribution is 7.92. The van der Waals surface area contributed by atoms with Gasteiger partial charge >= 0.3 is 5.97 Å². The lowest BCUT2D eigenvalue weighted by Gasteiger charge is -2.34. The van der Waals surface area contributed by atoms with E-state index in [1.165, 1.54) is 33.6 Å². The van der Waals surface area contributed by atoms with Crippen LogP contribution in [0.3, 0.4) is 0 Å². The number of anilines is 1. The van der Waals surface area contributed by atoms with Crippen LogP contribution in [-0.2, 0) is 24.3 Å². The van der Waals surface area contributed by atoms with Crippen LogP contribution in [0.4, 0.5) is 5.69 Å². The van der Waals surface area contributed by atoms with Gasteiger partial charge in [0.2, 0.25) is 0 Å². The average molecular weight is 507 g/mol. The van der Waals surface area contributed by atoms with E-state index in [-0.39, 0.29) is 10.8 Å². The molecule has 1 saturated heterocycles. The molecule has 186 valence electrons. The molecule has 0 spiro atoms. The van der Waals surface area contributed by atoms with Crippen molar-refractivity contribution in [3.05, 3.63) is 40.7 Å². The van der Waals surface area contributed by atoms with Crippen molar-refractivity contribution in [2.45, 2.75) is 76.8 Å². The van der Waals surface area contributed by atoms with Gasteiger partial charge in [-0.2, -0.15) is 8.42 Å². The highest BCUT2D eigenvalue weighted by Gasteiger charge is 2.58. The number of sulfonamides is 1. The summed E-state index contributed by atoms with van der Waals surface area (Å²) >= 11 is 1.21. The number of rotatable bonds is 9. The molecular weight excluding hydrogens is 472 g/mol. The fourth-order valence-corrected chi connectivity index (χ4v) is 6.97. The van der Waals surface area contributed by atoms with Crippen molar-refractivity contribution in [2.24, 2.45) is 11.3 Å². The zero-order valence-corrected chi connectivity index (χ0v) is 22.3. The molecule has 2 aromatic rings. The Morgan fingerprint density at radius 3 is 2.35 bits per heavy atom. The van der Waals surface area contributed by atoms with Gasteiger partial charge in [-0.3, -0.25) is 13.9 Å². The molecular formula is C25H34N2O5S2. The molecule has 1 aliphatic rings. The summed E-state index contributed by atoms with van der Waals surface area (Å²) in [6.45, 7) is 9.92. The van der Waals surface area contributed by atoms with Gasteiger partial charge in [0.1, 0.15) is 5.92 Å². The van der Waals surface area contributed by atoms with E-state index in [1.807, 2.05) is 40.7 Å². The maximum Gasteiger partial charge on any atom is 0.318 e. The predicted molar refractivity (Wildman–Crippen MR) is 133 cm³/mol.